The van der Waals surface area contributed by atoms with Crippen molar-refractivity contribution >= 4 is 11.9 Å². The number of alkyl halides is 3. The maximum absolute atomic E-state index is 13.1. The van der Waals surface area contributed by atoms with Gasteiger partial charge in [0.15, 0.2) is 0 Å². The molecule has 0 spiro atoms. The van der Waals surface area contributed by atoms with E-state index in [1.54, 1.807) is 4.90 Å². The van der Waals surface area contributed by atoms with Gasteiger partial charge in [0.05, 0.1) is 11.8 Å². The summed E-state index contributed by atoms with van der Waals surface area (Å²) >= 11 is 0. The Balaban J connectivity index is 1.57. The second-order valence-corrected chi connectivity index (χ2v) is 7.31. The number of halogens is 3. The molecule has 3 fully saturated rings. The van der Waals surface area contributed by atoms with Crippen molar-refractivity contribution in [1.82, 2.24) is 4.90 Å². The molecule has 1 aliphatic heterocycles. The van der Waals surface area contributed by atoms with Crippen LogP contribution in [0, 0.1) is 17.8 Å². The van der Waals surface area contributed by atoms with Crippen LogP contribution in [-0.2, 0) is 14.3 Å². The van der Waals surface area contributed by atoms with Crippen LogP contribution in [0.1, 0.15) is 51.4 Å². The molecule has 136 valence electrons. The van der Waals surface area contributed by atoms with Gasteiger partial charge in [-0.05, 0) is 44.9 Å². The number of nitrogens with zero attached hydrogens (tertiary/aromatic N) is 1. The zero-order valence-electron chi connectivity index (χ0n) is 13.7. The zero-order valence-corrected chi connectivity index (χ0v) is 13.7. The fourth-order valence-corrected chi connectivity index (χ4v) is 3.82. The summed E-state index contributed by atoms with van der Waals surface area (Å²) in [6.45, 7) is 0.922. The standard InChI is InChI=1S/C17H24F3NO3/c18-17(19,20)13-5-1-2-6-14(13)24-16(23)12-4-3-9-21(10-12)15(22)11-7-8-11/h11-14H,1-10H2/t12-,13+,14+/m0/s1. The van der Waals surface area contributed by atoms with Gasteiger partial charge < -0.3 is 9.64 Å². The van der Waals surface area contributed by atoms with Gasteiger partial charge in [-0.15, -0.1) is 0 Å². The van der Waals surface area contributed by atoms with Crippen LogP contribution in [0.15, 0.2) is 0 Å². The summed E-state index contributed by atoms with van der Waals surface area (Å²) in [4.78, 5) is 26.2. The highest BCUT2D eigenvalue weighted by molar-refractivity contribution is 5.82. The number of carbonyl (C=O) groups excluding carboxylic acids is 2. The van der Waals surface area contributed by atoms with Gasteiger partial charge in [-0.25, -0.2) is 0 Å². The summed E-state index contributed by atoms with van der Waals surface area (Å²) in [7, 11) is 0. The lowest BCUT2D eigenvalue weighted by atomic mass is 9.85. The van der Waals surface area contributed by atoms with E-state index in [1.165, 1.54) is 0 Å². The second-order valence-electron chi connectivity index (χ2n) is 7.31. The summed E-state index contributed by atoms with van der Waals surface area (Å²) in [6.07, 6.45) is -0.840. The predicted molar refractivity (Wildman–Crippen MR) is 79.9 cm³/mol. The number of hydrogen-bond donors (Lipinski definition) is 0. The summed E-state index contributed by atoms with van der Waals surface area (Å²) in [5.41, 5.74) is 0. The molecule has 24 heavy (non-hydrogen) atoms. The minimum atomic E-state index is -4.33. The number of esters is 1. The molecular formula is C17H24F3NO3. The molecule has 1 saturated heterocycles. The molecule has 7 heteroatoms. The van der Waals surface area contributed by atoms with Crippen molar-refractivity contribution in [3.8, 4) is 0 Å². The van der Waals surface area contributed by atoms with Gasteiger partial charge in [0.25, 0.3) is 0 Å². The largest absolute Gasteiger partial charge is 0.461 e. The van der Waals surface area contributed by atoms with Crippen LogP contribution >= 0.6 is 0 Å². The molecule has 2 aliphatic carbocycles. The number of carbonyl (C=O) groups is 2. The number of amides is 1. The topological polar surface area (TPSA) is 46.6 Å². The van der Waals surface area contributed by atoms with Crippen LogP contribution in [0.4, 0.5) is 13.2 Å². The van der Waals surface area contributed by atoms with Crippen LogP contribution in [-0.4, -0.2) is 42.1 Å². The normalized spacial score (nSPS) is 31.6. The quantitative estimate of drug-likeness (QED) is 0.736. The van der Waals surface area contributed by atoms with E-state index in [0.717, 1.165) is 12.8 Å². The van der Waals surface area contributed by atoms with Crippen LogP contribution < -0.4 is 0 Å². The Kier molecular flexibility index (Phi) is 5.06. The van der Waals surface area contributed by atoms with Gasteiger partial charge in [0.2, 0.25) is 5.91 Å². The van der Waals surface area contributed by atoms with Crippen molar-refractivity contribution in [2.45, 2.75) is 63.6 Å². The van der Waals surface area contributed by atoms with Crippen molar-refractivity contribution in [3.05, 3.63) is 0 Å². The minimum Gasteiger partial charge on any atom is -0.461 e. The van der Waals surface area contributed by atoms with E-state index in [0.29, 0.717) is 32.2 Å². The molecule has 1 amide bonds. The van der Waals surface area contributed by atoms with E-state index < -0.39 is 30.1 Å². The van der Waals surface area contributed by atoms with Crippen molar-refractivity contribution < 1.29 is 27.5 Å². The summed E-state index contributed by atoms with van der Waals surface area (Å²) in [5, 5.41) is 0. The second kappa shape index (κ2) is 6.92. The molecule has 0 N–H and O–H groups in total. The van der Waals surface area contributed by atoms with Gasteiger partial charge >= 0.3 is 12.1 Å². The average molecular weight is 347 g/mol. The number of piperidine rings is 1. The molecule has 0 radical (unpaired) electrons. The number of hydrogen-bond acceptors (Lipinski definition) is 3. The Bertz CT molecular complexity index is 490. The number of rotatable bonds is 3. The minimum absolute atomic E-state index is 0.0262. The van der Waals surface area contributed by atoms with Crippen molar-refractivity contribution in [3.63, 3.8) is 0 Å². The molecule has 4 nitrogen and oxygen atoms in total. The van der Waals surface area contributed by atoms with E-state index >= 15 is 0 Å². The Labute approximate surface area is 139 Å². The van der Waals surface area contributed by atoms with Crippen LogP contribution in [0.25, 0.3) is 0 Å². The summed E-state index contributed by atoms with van der Waals surface area (Å²) in [6, 6.07) is 0. The van der Waals surface area contributed by atoms with Gasteiger partial charge in [-0.1, -0.05) is 6.42 Å². The number of ether oxygens (including phenoxy) is 1. The maximum Gasteiger partial charge on any atom is 0.395 e. The first-order valence-electron chi connectivity index (χ1n) is 8.92. The molecule has 1 heterocycles. The molecule has 0 unspecified atom stereocenters. The first-order chi connectivity index (χ1) is 11.4. The summed E-state index contributed by atoms with van der Waals surface area (Å²) in [5.74, 6) is -2.43. The van der Waals surface area contributed by atoms with Crippen LogP contribution in [0.5, 0.6) is 0 Å². The third-order valence-electron chi connectivity index (χ3n) is 5.38. The Morgan fingerprint density at radius 3 is 2.29 bits per heavy atom. The lowest BCUT2D eigenvalue weighted by Crippen LogP contribution is -2.45. The molecule has 3 aliphatic rings. The van der Waals surface area contributed by atoms with E-state index in [2.05, 4.69) is 0 Å². The van der Waals surface area contributed by atoms with Crippen molar-refractivity contribution in [1.29, 1.82) is 0 Å². The number of likely N-dealkylation sites (tertiary alicyclic amines) is 1. The molecule has 3 atom stereocenters. The van der Waals surface area contributed by atoms with E-state index in [9.17, 15) is 22.8 Å². The molecule has 3 rings (SSSR count). The smallest absolute Gasteiger partial charge is 0.395 e. The first kappa shape index (κ1) is 17.5. The molecule has 0 aromatic rings. The fraction of sp³-hybridized carbons (Fsp3) is 0.882. The zero-order chi connectivity index (χ0) is 17.3. The highest BCUT2D eigenvalue weighted by Gasteiger charge is 2.48. The average Bonchev–Trinajstić information content (AvgIpc) is 3.38. The van der Waals surface area contributed by atoms with Crippen LogP contribution in [0.2, 0.25) is 0 Å². The highest BCUT2D eigenvalue weighted by Crippen LogP contribution is 2.40. The van der Waals surface area contributed by atoms with Crippen molar-refractivity contribution in [2.24, 2.45) is 17.8 Å². The van der Waals surface area contributed by atoms with Gasteiger partial charge in [-0.2, -0.15) is 13.2 Å². The lowest BCUT2D eigenvalue weighted by Gasteiger charge is -2.35. The van der Waals surface area contributed by atoms with Crippen molar-refractivity contribution in [2.75, 3.05) is 13.1 Å². The molecule has 2 saturated carbocycles. The van der Waals surface area contributed by atoms with Gasteiger partial charge in [0.1, 0.15) is 6.10 Å². The molecule has 0 aromatic carbocycles. The monoisotopic (exact) mass is 347 g/mol. The Morgan fingerprint density at radius 2 is 1.62 bits per heavy atom. The molecule has 0 aromatic heterocycles. The predicted octanol–water partition coefficient (Wildman–Crippen LogP) is 3.30. The SMILES string of the molecule is O=C(O[C@@H]1CCCC[C@H]1C(F)(F)F)[C@H]1CCCN(C(=O)C2CC2)C1. The van der Waals surface area contributed by atoms with E-state index in [4.69, 9.17) is 4.74 Å². The highest BCUT2D eigenvalue weighted by atomic mass is 19.4. The van der Waals surface area contributed by atoms with E-state index in [1.807, 2.05) is 0 Å². The first-order valence-corrected chi connectivity index (χ1v) is 8.92. The third kappa shape index (κ3) is 4.03. The van der Waals surface area contributed by atoms with Gasteiger partial charge in [-0.3, -0.25) is 9.59 Å². The maximum atomic E-state index is 13.1. The molecular weight excluding hydrogens is 323 g/mol. The van der Waals surface area contributed by atoms with Gasteiger partial charge in [0, 0.05) is 19.0 Å². The lowest BCUT2D eigenvalue weighted by molar-refractivity contribution is -0.217. The fourth-order valence-electron chi connectivity index (χ4n) is 3.82. The van der Waals surface area contributed by atoms with E-state index in [-0.39, 0.29) is 31.2 Å². The Morgan fingerprint density at radius 1 is 0.917 bits per heavy atom. The molecule has 0 bridgehead atoms. The Hall–Kier alpha value is -1.27. The summed E-state index contributed by atoms with van der Waals surface area (Å²) < 4.78 is 44.6. The third-order valence-corrected chi connectivity index (χ3v) is 5.38. The van der Waals surface area contributed by atoms with Crippen LogP contribution in [0.3, 0.4) is 0 Å².